The summed E-state index contributed by atoms with van der Waals surface area (Å²) in [6.07, 6.45) is 0. The van der Waals surface area contributed by atoms with E-state index >= 15 is 0 Å². The highest BCUT2D eigenvalue weighted by atomic mass is 16.7. The lowest BCUT2D eigenvalue weighted by Crippen LogP contribution is -2.22. The number of hydrogen-bond donors (Lipinski definition) is 1. The third-order valence-electron chi connectivity index (χ3n) is 1.63. The van der Waals surface area contributed by atoms with Crippen LogP contribution in [0.1, 0.15) is 17.3 Å². The van der Waals surface area contributed by atoms with Crippen molar-refractivity contribution in [1.82, 2.24) is 5.48 Å². The Labute approximate surface area is 87.5 Å². The average Bonchev–Trinajstić information content (AvgIpc) is 2.26. The molecule has 1 aromatic rings. The van der Waals surface area contributed by atoms with Crippen LogP contribution in [0.3, 0.4) is 0 Å². The largest absolute Gasteiger partial charge is 0.344 e. The van der Waals surface area contributed by atoms with Crippen LogP contribution in [0.4, 0.5) is 0 Å². The van der Waals surface area contributed by atoms with Crippen molar-refractivity contribution >= 4 is 11.8 Å². The van der Waals surface area contributed by atoms with Gasteiger partial charge in [0.2, 0.25) is 5.78 Å². The fourth-order valence-corrected chi connectivity index (χ4v) is 0.944. The van der Waals surface area contributed by atoms with E-state index in [0.717, 1.165) is 0 Å². The van der Waals surface area contributed by atoms with E-state index in [1.54, 1.807) is 30.3 Å². The zero-order chi connectivity index (χ0) is 11.3. The second-order valence-corrected chi connectivity index (χ2v) is 2.87. The van der Waals surface area contributed by atoms with Crippen molar-refractivity contribution in [3.8, 4) is 0 Å². The topological polar surface area (TPSA) is 55.4 Å². The van der Waals surface area contributed by atoms with Crippen LogP contribution >= 0.6 is 0 Å². The Balaban J connectivity index is 2.62. The van der Waals surface area contributed by atoms with Crippen LogP contribution in [-0.4, -0.2) is 11.8 Å². The van der Waals surface area contributed by atoms with Crippen LogP contribution in [0.15, 0.2) is 42.6 Å². The molecule has 0 aliphatic carbocycles. The van der Waals surface area contributed by atoms with Gasteiger partial charge in [0.05, 0.1) is 0 Å². The molecule has 0 aromatic heterocycles. The minimum absolute atomic E-state index is 0.0244. The minimum Gasteiger partial charge on any atom is -0.344 e. The van der Waals surface area contributed by atoms with Crippen LogP contribution in [-0.2, 0) is 9.63 Å². The van der Waals surface area contributed by atoms with Crippen LogP contribution in [0.5, 0.6) is 0 Å². The normalized spacial score (nSPS) is 9.13. The van der Waals surface area contributed by atoms with Gasteiger partial charge in [0.1, 0.15) is 5.70 Å². The first-order valence-electron chi connectivity index (χ1n) is 4.33. The molecule has 0 spiro atoms. The molecule has 0 atom stereocenters. The predicted octanol–water partition coefficient (Wildman–Crippen LogP) is 1.45. The molecule has 4 nitrogen and oxygen atoms in total. The molecule has 0 bridgehead atoms. The zero-order valence-corrected chi connectivity index (χ0v) is 8.32. The second kappa shape index (κ2) is 4.95. The monoisotopic (exact) mass is 205 g/mol. The third kappa shape index (κ3) is 3.27. The molecule has 0 radical (unpaired) electrons. The minimum atomic E-state index is -0.531. The maximum Gasteiger partial charge on any atom is 0.329 e. The van der Waals surface area contributed by atoms with E-state index < -0.39 is 5.97 Å². The van der Waals surface area contributed by atoms with Gasteiger partial charge in [-0.25, -0.2) is 5.48 Å². The molecule has 15 heavy (non-hydrogen) atoms. The lowest BCUT2D eigenvalue weighted by molar-refractivity contribution is -0.146. The molecule has 0 unspecified atom stereocenters. The smallest absolute Gasteiger partial charge is 0.329 e. The number of ketones is 1. The van der Waals surface area contributed by atoms with E-state index in [9.17, 15) is 9.59 Å². The Bertz CT molecular complexity index is 384. The summed E-state index contributed by atoms with van der Waals surface area (Å²) in [6, 6.07) is 8.60. The maximum atomic E-state index is 11.6. The van der Waals surface area contributed by atoms with E-state index in [-0.39, 0.29) is 11.5 Å². The summed E-state index contributed by atoms with van der Waals surface area (Å²) in [5.41, 5.74) is 2.70. The molecular weight excluding hydrogens is 194 g/mol. The highest BCUT2D eigenvalue weighted by Gasteiger charge is 2.09. The molecule has 1 rings (SSSR count). The van der Waals surface area contributed by atoms with E-state index in [4.69, 9.17) is 0 Å². The number of nitrogens with one attached hydrogen (secondary N) is 1. The Morgan fingerprint density at radius 1 is 1.27 bits per heavy atom. The van der Waals surface area contributed by atoms with Crippen LogP contribution in [0.25, 0.3) is 0 Å². The van der Waals surface area contributed by atoms with Crippen LogP contribution in [0, 0.1) is 0 Å². The molecule has 0 saturated carbocycles. The molecule has 1 N–H and O–H groups in total. The SMILES string of the molecule is C=C(NOC(C)=O)C(=O)c1ccccc1. The van der Waals surface area contributed by atoms with Crippen LogP contribution < -0.4 is 5.48 Å². The third-order valence-corrected chi connectivity index (χ3v) is 1.63. The molecule has 0 fully saturated rings. The molecule has 0 heterocycles. The fraction of sp³-hybridized carbons (Fsp3) is 0.0909. The molecule has 78 valence electrons. The summed E-state index contributed by atoms with van der Waals surface area (Å²) in [5.74, 6) is -0.839. The molecule has 1 aromatic carbocycles. The highest BCUT2D eigenvalue weighted by molar-refractivity contribution is 6.07. The van der Waals surface area contributed by atoms with Gasteiger partial charge in [-0.05, 0) is 0 Å². The molecule has 0 saturated heterocycles. The van der Waals surface area contributed by atoms with Crippen LogP contribution in [0.2, 0.25) is 0 Å². The number of hydrogen-bond acceptors (Lipinski definition) is 4. The van der Waals surface area contributed by atoms with Gasteiger partial charge in [-0.2, -0.15) is 0 Å². The number of allylic oxidation sites excluding steroid dienone is 1. The first kappa shape index (κ1) is 11.0. The van der Waals surface area contributed by atoms with Crippen molar-refractivity contribution in [2.75, 3.05) is 0 Å². The Kier molecular flexibility index (Phi) is 3.62. The number of carbonyl (C=O) groups excluding carboxylic acids is 2. The lowest BCUT2D eigenvalue weighted by Gasteiger charge is -2.06. The summed E-state index contributed by atoms with van der Waals surface area (Å²) in [4.78, 5) is 26.5. The summed E-state index contributed by atoms with van der Waals surface area (Å²) in [5, 5.41) is 0. The summed E-state index contributed by atoms with van der Waals surface area (Å²) >= 11 is 0. The zero-order valence-electron chi connectivity index (χ0n) is 8.32. The Morgan fingerprint density at radius 2 is 1.87 bits per heavy atom. The quantitative estimate of drug-likeness (QED) is 0.459. The van der Waals surface area contributed by atoms with Crippen molar-refractivity contribution in [2.45, 2.75) is 6.92 Å². The molecular formula is C11H11NO3. The summed E-state index contributed by atoms with van der Waals surface area (Å²) in [7, 11) is 0. The Morgan fingerprint density at radius 3 is 2.40 bits per heavy atom. The van der Waals surface area contributed by atoms with E-state index in [0.29, 0.717) is 5.56 Å². The second-order valence-electron chi connectivity index (χ2n) is 2.87. The van der Waals surface area contributed by atoms with Gasteiger partial charge < -0.3 is 4.84 Å². The number of benzene rings is 1. The van der Waals surface area contributed by atoms with Gasteiger partial charge in [0, 0.05) is 12.5 Å². The van der Waals surface area contributed by atoms with Gasteiger partial charge in [-0.3, -0.25) is 9.59 Å². The van der Waals surface area contributed by atoms with Gasteiger partial charge in [0.15, 0.2) is 0 Å². The standard InChI is InChI=1S/C11H11NO3/c1-8(12-15-9(2)13)11(14)10-6-4-3-5-7-10/h3-7,12H,1H2,2H3. The first-order valence-corrected chi connectivity index (χ1v) is 4.33. The van der Waals surface area contributed by atoms with Crippen molar-refractivity contribution in [1.29, 1.82) is 0 Å². The molecule has 0 amide bonds. The number of hydroxylamine groups is 1. The highest BCUT2D eigenvalue weighted by Crippen LogP contribution is 2.04. The van der Waals surface area contributed by atoms with E-state index in [1.165, 1.54) is 6.92 Å². The van der Waals surface area contributed by atoms with Gasteiger partial charge in [-0.1, -0.05) is 36.9 Å². The van der Waals surface area contributed by atoms with Crippen molar-refractivity contribution in [3.05, 3.63) is 48.2 Å². The number of Topliss-reactive ketones (excluding diaryl/α,β-unsaturated/α-hetero) is 1. The van der Waals surface area contributed by atoms with E-state index in [2.05, 4.69) is 16.9 Å². The predicted molar refractivity (Wildman–Crippen MR) is 54.8 cm³/mol. The summed E-state index contributed by atoms with van der Waals surface area (Å²) in [6.45, 7) is 4.69. The maximum absolute atomic E-state index is 11.6. The van der Waals surface area contributed by atoms with Crippen molar-refractivity contribution < 1.29 is 14.4 Å². The molecule has 0 aliphatic heterocycles. The van der Waals surface area contributed by atoms with E-state index in [1.807, 2.05) is 0 Å². The van der Waals surface area contributed by atoms with Gasteiger partial charge in [0.25, 0.3) is 0 Å². The molecule has 4 heteroatoms. The average molecular weight is 205 g/mol. The summed E-state index contributed by atoms with van der Waals surface area (Å²) < 4.78 is 0. The first-order chi connectivity index (χ1) is 7.11. The van der Waals surface area contributed by atoms with Crippen molar-refractivity contribution in [3.63, 3.8) is 0 Å². The Hall–Kier alpha value is -2.10. The lowest BCUT2D eigenvalue weighted by atomic mass is 10.1. The number of carbonyl (C=O) groups is 2. The van der Waals surface area contributed by atoms with Gasteiger partial charge in [-0.15, -0.1) is 0 Å². The van der Waals surface area contributed by atoms with Gasteiger partial charge >= 0.3 is 5.97 Å². The fourth-order valence-electron chi connectivity index (χ4n) is 0.944. The number of rotatable bonds is 4. The molecule has 0 aliphatic rings. The van der Waals surface area contributed by atoms with Crippen molar-refractivity contribution in [2.24, 2.45) is 0 Å².